The van der Waals surface area contributed by atoms with E-state index in [4.69, 9.17) is 0 Å². The molecule has 1 aromatic rings. The lowest BCUT2D eigenvalue weighted by Gasteiger charge is -2.11. The van der Waals surface area contributed by atoms with Gasteiger partial charge in [0.25, 0.3) is 0 Å². The number of imide groups is 1. The van der Waals surface area contributed by atoms with Crippen molar-refractivity contribution in [3.63, 3.8) is 0 Å². The molecule has 6 nitrogen and oxygen atoms in total. The van der Waals surface area contributed by atoms with E-state index in [2.05, 4.69) is 10.6 Å². The number of nitrogens with zero attached hydrogens (tertiary/aromatic N) is 1. The number of carbonyl (C=O) groups is 3. The van der Waals surface area contributed by atoms with Gasteiger partial charge in [0.2, 0.25) is 17.7 Å². The summed E-state index contributed by atoms with van der Waals surface area (Å²) in [5.41, 5.74) is 1.81. The van der Waals surface area contributed by atoms with E-state index in [1.807, 2.05) is 31.2 Å². The Balaban J connectivity index is 1.82. The van der Waals surface area contributed by atoms with Gasteiger partial charge in [0.05, 0.1) is 19.0 Å². The number of hydrogen-bond donors (Lipinski definition) is 2. The van der Waals surface area contributed by atoms with Crippen LogP contribution in [-0.2, 0) is 14.4 Å². The SMILES string of the molecule is Cc1ccc(NC(=O)CNC2CC(=O)N(C)C2=O)cc1. The molecule has 0 aliphatic carbocycles. The summed E-state index contributed by atoms with van der Waals surface area (Å²) in [5.74, 6) is -0.770. The summed E-state index contributed by atoms with van der Waals surface area (Å²) in [7, 11) is 1.44. The Bertz CT molecular complexity index is 539. The number of aryl methyl sites for hydroxylation is 1. The molecule has 2 N–H and O–H groups in total. The van der Waals surface area contributed by atoms with Crippen molar-refractivity contribution < 1.29 is 14.4 Å². The first kappa shape index (κ1) is 14.2. The molecule has 6 heteroatoms. The fraction of sp³-hybridized carbons (Fsp3) is 0.357. The van der Waals surface area contributed by atoms with E-state index in [0.29, 0.717) is 5.69 Å². The molecule has 0 aromatic heterocycles. The van der Waals surface area contributed by atoms with Crippen molar-refractivity contribution in [1.82, 2.24) is 10.2 Å². The highest BCUT2D eigenvalue weighted by atomic mass is 16.2. The summed E-state index contributed by atoms with van der Waals surface area (Å²) >= 11 is 0. The summed E-state index contributed by atoms with van der Waals surface area (Å²) in [6, 6.07) is 6.82. The maximum Gasteiger partial charge on any atom is 0.246 e. The molecular weight excluding hydrogens is 258 g/mol. The number of carbonyl (C=O) groups excluding carboxylic acids is 3. The van der Waals surface area contributed by atoms with E-state index < -0.39 is 6.04 Å². The number of likely N-dealkylation sites (tertiary alicyclic amines) is 1. The quantitative estimate of drug-likeness (QED) is 0.774. The van der Waals surface area contributed by atoms with Crippen LogP contribution in [0.2, 0.25) is 0 Å². The Hall–Kier alpha value is -2.21. The van der Waals surface area contributed by atoms with Crippen molar-refractivity contribution in [2.24, 2.45) is 0 Å². The molecule has 0 saturated carbocycles. The smallest absolute Gasteiger partial charge is 0.246 e. The first-order chi connectivity index (χ1) is 9.47. The lowest BCUT2D eigenvalue weighted by Crippen LogP contribution is -2.41. The van der Waals surface area contributed by atoms with Crippen LogP contribution in [0, 0.1) is 6.92 Å². The van der Waals surface area contributed by atoms with E-state index in [1.54, 1.807) is 0 Å². The number of rotatable bonds is 4. The lowest BCUT2D eigenvalue weighted by atomic mass is 10.2. The normalized spacial score (nSPS) is 18.5. The average molecular weight is 275 g/mol. The van der Waals surface area contributed by atoms with Gasteiger partial charge in [-0.25, -0.2) is 0 Å². The molecule has 2 rings (SSSR count). The Kier molecular flexibility index (Phi) is 4.14. The molecule has 106 valence electrons. The van der Waals surface area contributed by atoms with Crippen molar-refractivity contribution >= 4 is 23.4 Å². The number of anilines is 1. The first-order valence-electron chi connectivity index (χ1n) is 6.37. The standard InChI is InChI=1S/C14H17N3O3/c1-9-3-5-10(6-4-9)16-12(18)8-15-11-7-13(19)17(2)14(11)20/h3-6,11,15H,7-8H2,1-2H3,(H,16,18). The second-order valence-corrected chi connectivity index (χ2v) is 4.84. The molecule has 0 spiro atoms. The van der Waals surface area contributed by atoms with Gasteiger partial charge in [0, 0.05) is 12.7 Å². The van der Waals surface area contributed by atoms with Crippen LogP contribution in [0.15, 0.2) is 24.3 Å². The van der Waals surface area contributed by atoms with Gasteiger partial charge in [-0.1, -0.05) is 17.7 Å². The zero-order chi connectivity index (χ0) is 14.7. The Morgan fingerprint density at radius 3 is 2.50 bits per heavy atom. The fourth-order valence-electron chi connectivity index (χ4n) is 1.97. The number of nitrogens with one attached hydrogen (secondary N) is 2. The number of likely N-dealkylation sites (N-methyl/N-ethyl adjacent to an activating group) is 1. The molecule has 1 aliphatic heterocycles. The molecule has 1 heterocycles. The first-order valence-corrected chi connectivity index (χ1v) is 6.37. The van der Waals surface area contributed by atoms with Crippen LogP contribution in [0.5, 0.6) is 0 Å². The van der Waals surface area contributed by atoms with E-state index in [1.165, 1.54) is 7.05 Å². The predicted molar refractivity (Wildman–Crippen MR) is 74.0 cm³/mol. The van der Waals surface area contributed by atoms with Crippen molar-refractivity contribution in [1.29, 1.82) is 0 Å². The van der Waals surface area contributed by atoms with Gasteiger partial charge in [-0.2, -0.15) is 0 Å². The van der Waals surface area contributed by atoms with E-state index in [9.17, 15) is 14.4 Å². The molecule has 1 aliphatic rings. The zero-order valence-corrected chi connectivity index (χ0v) is 11.5. The lowest BCUT2D eigenvalue weighted by molar-refractivity contribution is -0.137. The van der Waals surface area contributed by atoms with Gasteiger partial charge in [-0.3, -0.25) is 24.6 Å². The number of benzene rings is 1. The van der Waals surface area contributed by atoms with Gasteiger partial charge >= 0.3 is 0 Å². The summed E-state index contributed by atoms with van der Waals surface area (Å²) < 4.78 is 0. The molecule has 1 aromatic carbocycles. The molecule has 3 amide bonds. The van der Waals surface area contributed by atoms with Crippen molar-refractivity contribution in [2.45, 2.75) is 19.4 Å². The predicted octanol–water partition coefficient (Wildman–Crippen LogP) is 0.280. The third-order valence-electron chi connectivity index (χ3n) is 3.23. The van der Waals surface area contributed by atoms with Crippen molar-refractivity contribution in [3.8, 4) is 0 Å². The maximum atomic E-state index is 11.7. The minimum atomic E-state index is -0.601. The second kappa shape index (κ2) is 5.83. The largest absolute Gasteiger partial charge is 0.325 e. The Morgan fingerprint density at radius 2 is 1.95 bits per heavy atom. The minimum absolute atomic E-state index is 0.00853. The van der Waals surface area contributed by atoms with Gasteiger partial charge in [-0.05, 0) is 19.1 Å². The van der Waals surface area contributed by atoms with E-state index >= 15 is 0 Å². The van der Waals surface area contributed by atoms with Crippen LogP contribution in [0.25, 0.3) is 0 Å². The summed E-state index contributed by atoms with van der Waals surface area (Å²) in [5, 5.41) is 5.52. The monoisotopic (exact) mass is 275 g/mol. The van der Waals surface area contributed by atoms with Crippen LogP contribution < -0.4 is 10.6 Å². The topological polar surface area (TPSA) is 78.5 Å². The second-order valence-electron chi connectivity index (χ2n) is 4.84. The van der Waals surface area contributed by atoms with Crippen LogP contribution in [0.1, 0.15) is 12.0 Å². The fourth-order valence-corrected chi connectivity index (χ4v) is 1.97. The summed E-state index contributed by atoms with van der Waals surface area (Å²) in [4.78, 5) is 35.8. The number of hydrogen-bond acceptors (Lipinski definition) is 4. The molecule has 0 bridgehead atoms. The Morgan fingerprint density at radius 1 is 1.30 bits per heavy atom. The van der Waals surface area contributed by atoms with Crippen LogP contribution >= 0.6 is 0 Å². The van der Waals surface area contributed by atoms with Gasteiger partial charge < -0.3 is 5.32 Å². The zero-order valence-electron chi connectivity index (χ0n) is 11.5. The van der Waals surface area contributed by atoms with Crippen molar-refractivity contribution in [2.75, 3.05) is 18.9 Å². The molecule has 1 saturated heterocycles. The minimum Gasteiger partial charge on any atom is -0.325 e. The van der Waals surface area contributed by atoms with Crippen LogP contribution in [-0.4, -0.2) is 42.3 Å². The summed E-state index contributed by atoms with van der Waals surface area (Å²) in [6.07, 6.45) is 0.104. The third kappa shape index (κ3) is 3.21. The summed E-state index contributed by atoms with van der Waals surface area (Å²) in [6.45, 7) is 1.96. The van der Waals surface area contributed by atoms with Gasteiger partial charge in [0.15, 0.2) is 0 Å². The van der Waals surface area contributed by atoms with Gasteiger partial charge in [-0.15, -0.1) is 0 Å². The molecule has 0 radical (unpaired) electrons. The average Bonchev–Trinajstić information content (AvgIpc) is 2.66. The Labute approximate surface area is 117 Å². The van der Waals surface area contributed by atoms with Gasteiger partial charge in [0.1, 0.15) is 0 Å². The molecule has 1 fully saturated rings. The van der Waals surface area contributed by atoms with Crippen LogP contribution in [0.3, 0.4) is 0 Å². The molecule has 20 heavy (non-hydrogen) atoms. The highest BCUT2D eigenvalue weighted by molar-refractivity contribution is 6.05. The van der Waals surface area contributed by atoms with E-state index in [0.717, 1.165) is 10.5 Å². The molecular formula is C14H17N3O3. The highest BCUT2D eigenvalue weighted by Gasteiger charge is 2.35. The van der Waals surface area contributed by atoms with Crippen molar-refractivity contribution in [3.05, 3.63) is 29.8 Å². The molecule has 1 unspecified atom stereocenters. The number of amides is 3. The van der Waals surface area contributed by atoms with Crippen LogP contribution in [0.4, 0.5) is 5.69 Å². The van der Waals surface area contributed by atoms with E-state index in [-0.39, 0.29) is 30.7 Å². The maximum absolute atomic E-state index is 11.7. The molecule has 1 atom stereocenters. The third-order valence-corrected chi connectivity index (χ3v) is 3.23. The highest BCUT2D eigenvalue weighted by Crippen LogP contribution is 2.11.